The van der Waals surface area contributed by atoms with E-state index in [0.717, 1.165) is 6.54 Å². The Kier molecular flexibility index (Phi) is 4.59. The van der Waals surface area contributed by atoms with Crippen LogP contribution in [0, 0.1) is 11.3 Å². The number of urea groups is 1. The smallest absolute Gasteiger partial charge is 0.317 e. The van der Waals surface area contributed by atoms with Crippen molar-refractivity contribution in [1.82, 2.24) is 10.2 Å². The van der Waals surface area contributed by atoms with E-state index in [1.165, 1.54) is 0 Å². The molecule has 16 heavy (non-hydrogen) atoms. The number of hydrogen-bond donors (Lipinski definition) is 1. The fourth-order valence-corrected chi connectivity index (χ4v) is 1.39. The summed E-state index contributed by atoms with van der Waals surface area (Å²) < 4.78 is 5.21. The second-order valence-corrected chi connectivity index (χ2v) is 5.40. The first kappa shape index (κ1) is 13.3. The minimum atomic E-state index is 0.0389. The lowest BCUT2D eigenvalue weighted by Crippen LogP contribution is -2.48. The summed E-state index contributed by atoms with van der Waals surface area (Å²) in [7, 11) is 0. The zero-order valence-electron chi connectivity index (χ0n) is 10.9. The van der Waals surface area contributed by atoms with E-state index in [9.17, 15) is 4.79 Å². The predicted octanol–water partition coefficient (Wildman–Crippen LogP) is 1.71. The highest BCUT2D eigenvalue weighted by molar-refractivity contribution is 5.74. The Morgan fingerprint density at radius 1 is 1.38 bits per heavy atom. The molecule has 0 aromatic heterocycles. The molecule has 1 heterocycles. The summed E-state index contributed by atoms with van der Waals surface area (Å²) in [6.07, 6.45) is 0. The van der Waals surface area contributed by atoms with E-state index in [0.29, 0.717) is 32.2 Å². The van der Waals surface area contributed by atoms with Gasteiger partial charge in [-0.05, 0) is 11.3 Å². The van der Waals surface area contributed by atoms with Gasteiger partial charge in [0.15, 0.2) is 0 Å². The average Bonchev–Trinajstić information content (AvgIpc) is 2.27. The quantitative estimate of drug-likeness (QED) is 0.799. The number of carbonyl (C=O) groups excluding carboxylic acids is 1. The molecule has 1 saturated heterocycles. The van der Waals surface area contributed by atoms with E-state index in [-0.39, 0.29) is 11.4 Å². The van der Waals surface area contributed by atoms with Gasteiger partial charge < -0.3 is 15.0 Å². The van der Waals surface area contributed by atoms with Crippen LogP contribution >= 0.6 is 0 Å². The van der Waals surface area contributed by atoms with Crippen molar-refractivity contribution in [3.05, 3.63) is 0 Å². The second-order valence-electron chi connectivity index (χ2n) is 5.40. The number of nitrogens with one attached hydrogen (secondary N) is 1. The molecule has 2 amide bonds. The highest BCUT2D eigenvalue weighted by atomic mass is 16.5. The normalized spacial score (nSPS) is 17.7. The Morgan fingerprint density at radius 2 is 1.94 bits per heavy atom. The third-order valence-corrected chi connectivity index (χ3v) is 3.56. The molecule has 4 nitrogen and oxygen atoms in total. The van der Waals surface area contributed by atoms with E-state index < -0.39 is 0 Å². The van der Waals surface area contributed by atoms with Gasteiger partial charge in [-0.25, -0.2) is 4.79 Å². The van der Waals surface area contributed by atoms with Crippen molar-refractivity contribution in [2.75, 3.05) is 32.8 Å². The molecule has 0 aliphatic carbocycles. The van der Waals surface area contributed by atoms with E-state index in [1.54, 1.807) is 0 Å². The van der Waals surface area contributed by atoms with Gasteiger partial charge in [-0.3, -0.25) is 0 Å². The standard InChI is InChI=1S/C12H24N2O2/c1-10(2)12(3,4)9-13-11(15)14-5-7-16-8-6-14/h10H,5-9H2,1-4H3,(H,13,15). The summed E-state index contributed by atoms with van der Waals surface area (Å²) in [6, 6.07) is 0.0389. The zero-order valence-corrected chi connectivity index (χ0v) is 10.9. The lowest BCUT2D eigenvalue weighted by Gasteiger charge is -2.32. The average molecular weight is 228 g/mol. The van der Waals surface area contributed by atoms with Gasteiger partial charge in [0, 0.05) is 19.6 Å². The summed E-state index contributed by atoms with van der Waals surface area (Å²) in [5.74, 6) is 0.553. The molecule has 0 radical (unpaired) electrons. The monoisotopic (exact) mass is 228 g/mol. The molecule has 0 spiro atoms. The van der Waals surface area contributed by atoms with Crippen LogP contribution in [-0.4, -0.2) is 43.8 Å². The molecule has 0 bridgehead atoms. The maximum atomic E-state index is 11.8. The van der Waals surface area contributed by atoms with Gasteiger partial charge in [-0.1, -0.05) is 27.7 Å². The Hall–Kier alpha value is -0.770. The second kappa shape index (κ2) is 5.53. The first-order valence-corrected chi connectivity index (χ1v) is 6.04. The van der Waals surface area contributed by atoms with Gasteiger partial charge in [0.2, 0.25) is 0 Å². The van der Waals surface area contributed by atoms with Crippen molar-refractivity contribution >= 4 is 6.03 Å². The van der Waals surface area contributed by atoms with Gasteiger partial charge in [0.05, 0.1) is 13.2 Å². The van der Waals surface area contributed by atoms with E-state index in [1.807, 2.05) is 4.90 Å². The van der Waals surface area contributed by atoms with Crippen molar-refractivity contribution < 1.29 is 9.53 Å². The van der Waals surface area contributed by atoms with Crippen molar-refractivity contribution in [3.63, 3.8) is 0 Å². The van der Waals surface area contributed by atoms with Crippen LogP contribution in [0.4, 0.5) is 4.79 Å². The van der Waals surface area contributed by atoms with Crippen LogP contribution in [-0.2, 0) is 4.74 Å². The Balaban J connectivity index is 2.34. The Labute approximate surface area is 98.3 Å². The first-order chi connectivity index (χ1) is 7.43. The molecule has 1 fully saturated rings. The molecule has 0 aromatic carbocycles. The molecule has 0 aromatic rings. The highest BCUT2D eigenvalue weighted by Gasteiger charge is 2.24. The van der Waals surface area contributed by atoms with Crippen LogP contribution in [0.2, 0.25) is 0 Å². The van der Waals surface area contributed by atoms with Crippen LogP contribution in [0.15, 0.2) is 0 Å². The molecule has 1 aliphatic heterocycles. The van der Waals surface area contributed by atoms with Gasteiger partial charge in [0.1, 0.15) is 0 Å². The minimum Gasteiger partial charge on any atom is -0.378 e. The maximum Gasteiger partial charge on any atom is 0.317 e. The van der Waals surface area contributed by atoms with Crippen molar-refractivity contribution in [2.24, 2.45) is 11.3 Å². The van der Waals surface area contributed by atoms with Crippen LogP contribution in [0.3, 0.4) is 0 Å². The van der Waals surface area contributed by atoms with E-state index in [4.69, 9.17) is 4.74 Å². The molecule has 1 rings (SSSR count). The zero-order chi connectivity index (χ0) is 12.2. The van der Waals surface area contributed by atoms with E-state index >= 15 is 0 Å². The molecule has 0 saturated carbocycles. The third kappa shape index (κ3) is 3.67. The number of rotatable bonds is 3. The van der Waals surface area contributed by atoms with Crippen LogP contribution in [0.1, 0.15) is 27.7 Å². The van der Waals surface area contributed by atoms with Crippen LogP contribution in [0.25, 0.3) is 0 Å². The van der Waals surface area contributed by atoms with Crippen LogP contribution < -0.4 is 5.32 Å². The Bertz CT molecular complexity index is 233. The molecular formula is C12H24N2O2. The molecular weight excluding hydrogens is 204 g/mol. The van der Waals surface area contributed by atoms with Gasteiger partial charge in [-0.2, -0.15) is 0 Å². The van der Waals surface area contributed by atoms with E-state index in [2.05, 4.69) is 33.0 Å². The number of ether oxygens (including phenoxy) is 1. The largest absolute Gasteiger partial charge is 0.378 e. The van der Waals surface area contributed by atoms with Gasteiger partial charge >= 0.3 is 6.03 Å². The molecule has 1 N–H and O–H groups in total. The van der Waals surface area contributed by atoms with Crippen LogP contribution in [0.5, 0.6) is 0 Å². The maximum absolute atomic E-state index is 11.8. The molecule has 0 atom stereocenters. The third-order valence-electron chi connectivity index (χ3n) is 3.56. The molecule has 0 unspecified atom stereocenters. The highest BCUT2D eigenvalue weighted by Crippen LogP contribution is 2.24. The fourth-order valence-electron chi connectivity index (χ4n) is 1.39. The summed E-state index contributed by atoms with van der Waals surface area (Å²) in [4.78, 5) is 13.6. The summed E-state index contributed by atoms with van der Waals surface area (Å²) >= 11 is 0. The van der Waals surface area contributed by atoms with Crippen molar-refractivity contribution in [2.45, 2.75) is 27.7 Å². The lowest BCUT2D eigenvalue weighted by molar-refractivity contribution is 0.0522. The molecule has 1 aliphatic rings. The van der Waals surface area contributed by atoms with Gasteiger partial charge in [-0.15, -0.1) is 0 Å². The van der Waals surface area contributed by atoms with Crippen molar-refractivity contribution in [1.29, 1.82) is 0 Å². The number of hydrogen-bond acceptors (Lipinski definition) is 2. The molecule has 94 valence electrons. The predicted molar refractivity (Wildman–Crippen MR) is 64.4 cm³/mol. The SMILES string of the molecule is CC(C)C(C)(C)CNC(=O)N1CCOCC1. The number of morpholine rings is 1. The summed E-state index contributed by atoms with van der Waals surface area (Å²) in [5.41, 5.74) is 0.141. The summed E-state index contributed by atoms with van der Waals surface area (Å²) in [5, 5.41) is 3.01. The first-order valence-electron chi connectivity index (χ1n) is 6.04. The number of amides is 2. The number of carbonyl (C=O) groups is 1. The Morgan fingerprint density at radius 3 is 2.44 bits per heavy atom. The fraction of sp³-hybridized carbons (Fsp3) is 0.917. The minimum absolute atomic E-state index is 0.0389. The van der Waals surface area contributed by atoms with Crippen molar-refractivity contribution in [3.8, 4) is 0 Å². The lowest BCUT2D eigenvalue weighted by atomic mass is 9.81. The van der Waals surface area contributed by atoms with Gasteiger partial charge in [0.25, 0.3) is 0 Å². The number of nitrogens with zero attached hydrogens (tertiary/aromatic N) is 1. The topological polar surface area (TPSA) is 41.6 Å². The summed E-state index contributed by atoms with van der Waals surface area (Å²) in [6.45, 7) is 12.2. The molecule has 4 heteroatoms.